The van der Waals surface area contributed by atoms with Gasteiger partial charge in [-0.1, -0.05) is 50.2 Å². The molecule has 33 heavy (non-hydrogen) atoms. The van der Waals surface area contributed by atoms with Crippen LogP contribution in [0.3, 0.4) is 0 Å². The van der Waals surface area contributed by atoms with Crippen LogP contribution in [0.15, 0.2) is 42.5 Å². The van der Waals surface area contributed by atoms with Gasteiger partial charge in [0.15, 0.2) is 0 Å². The number of nitrogens with one attached hydrogen (secondary N) is 1. The minimum Gasteiger partial charge on any atom is -0.330 e. The molecule has 5 rings (SSSR count). The molecule has 0 saturated carbocycles. The molecule has 0 bridgehead atoms. The molecule has 2 fully saturated rings. The predicted octanol–water partition coefficient (Wildman–Crippen LogP) is 4.97. The van der Waals surface area contributed by atoms with Gasteiger partial charge in [-0.15, -0.1) is 0 Å². The van der Waals surface area contributed by atoms with Crippen LogP contribution in [0.1, 0.15) is 78.1 Å². The van der Waals surface area contributed by atoms with Crippen molar-refractivity contribution >= 4 is 5.91 Å². The predicted molar refractivity (Wildman–Crippen MR) is 134 cm³/mol. The number of carbonyl (C=O) groups is 1. The number of hydrogen-bond acceptors (Lipinski definition) is 3. The van der Waals surface area contributed by atoms with E-state index in [1.165, 1.54) is 35.1 Å². The zero-order chi connectivity index (χ0) is 22.8. The van der Waals surface area contributed by atoms with Crippen molar-refractivity contribution in [2.45, 2.75) is 71.0 Å². The van der Waals surface area contributed by atoms with E-state index in [2.05, 4.69) is 71.4 Å². The maximum atomic E-state index is 13.0. The number of amides is 1. The number of nitrogens with zero attached hydrogens (tertiary/aromatic N) is 2. The molecule has 0 aliphatic carbocycles. The molecule has 0 spiro atoms. The molecule has 2 aromatic rings. The topological polar surface area (TPSA) is 35.6 Å². The third kappa shape index (κ3) is 5.17. The molecule has 0 radical (unpaired) electrons. The van der Waals surface area contributed by atoms with E-state index in [9.17, 15) is 4.79 Å². The summed E-state index contributed by atoms with van der Waals surface area (Å²) in [5.41, 5.74) is 6.48. The van der Waals surface area contributed by atoms with E-state index in [0.29, 0.717) is 17.9 Å². The molecule has 3 aliphatic heterocycles. The lowest BCUT2D eigenvalue weighted by Crippen LogP contribution is -2.46. The summed E-state index contributed by atoms with van der Waals surface area (Å²) in [4.78, 5) is 17.7. The number of fused-ring (bicyclic) bond motifs is 1. The van der Waals surface area contributed by atoms with Gasteiger partial charge in [0.05, 0.1) is 0 Å². The smallest absolute Gasteiger partial charge is 0.254 e. The van der Waals surface area contributed by atoms with Gasteiger partial charge in [-0.25, -0.2) is 0 Å². The van der Waals surface area contributed by atoms with Crippen LogP contribution in [-0.4, -0.2) is 47.9 Å². The van der Waals surface area contributed by atoms with E-state index in [4.69, 9.17) is 0 Å². The second-order valence-electron chi connectivity index (χ2n) is 10.8. The normalized spacial score (nSPS) is 22.2. The fourth-order valence-electron chi connectivity index (χ4n) is 5.95. The molecule has 1 N–H and O–H groups in total. The molecule has 0 aromatic heterocycles. The van der Waals surface area contributed by atoms with Crippen LogP contribution in [0, 0.1) is 5.92 Å². The number of carbonyl (C=O) groups excluding carboxylic acids is 1. The van der Waals surface area contributed by atoms with Crippen molar-refractivity contribution in [2.24, 2.45) is 5.92 Å². The Morgan fingerprint density at radius 3 is 2.45 bits per heavy atom. The molecule has 3 aliphatic rings. The lowest BCUT2D eigenvalue weighted by Gasteiger charge is -2.32. The Balaban J connectivity index is 1.16. The lowest BCUT2D eigenvalue weighted by atomic mass is 9.87. The minimum atomic E-state index is 0.236. The van der Waals surface area contributed by atoms with Gasteiger partial charge in [0, 0.05) is 31.2 Å². The van der Waals surface area contributed by atoms with E-state index < -0.39 is 0 Å². The second-order valence-corrected chi connectivity index (χ2v) is 10.8. The second kappa shape index (κ2) is 9.99. The molecule has 2 aromatic carbocycles. The summed E-state index contributed by atoms with van der Waals surface area (Å²) >= 11 is 0. The Bertz CT molecular complexity index is 953. The highest BCUT2D eigenvalue weighted by molar-refractivity contribution is 5.98. The van der Waals surface area contributed by atoms with Gasteiger partial charge in [-0.2, -0.15) is 0 Å². The fourth-order valence-corrected chi connectivity index (χ4v) is 5.95. The maximum absolute atomic E-state index is 13.0. The first-order valence-electron chi connectivity index (χ1n) is 13.0. The average molecular weight is 446 g/mol. The summed E-state index contributed by atoms with van der Waals surface area (Å²) in [6.07, 6.45) is 5.85. The molecular weight excluding hydrogens is 406 g/mol. The molecule has 1 atom stereocenters. The SMILES string of the molecule is CC(C)Cc1ccc(CN2CCC(c3ccc4c(c3)CN(C3CCCNC3)C4=O)CC2)cc1. The van der Waals surface area contributed by atoms with E-state index in [0.717, 1.165) is 64.1 Å². The molecule has 176 valence electrons. The van der Waals surface area contributed by atoms with Crippen molar-refractivity contribution in [1.29, 1.82) is 0 Å². The summed E-state index contributed by atoms with van der Waals surface area (Å²) < 4.78 is 0. The summed E-state index contributed by atoms with van der Waals surface area (Å²) in [6, 6.07) is 16.3. The first-order chi connectivity index (χ1) is 16.1. The quantitative estimate of drug-likeness (QED) is 0.682. The Hall–Kier alpha value is -2.17. The van der Waals surface area contributed by atoms with Crippen LogP contribution in [-0.2, 0) is 19.5 Å². The summed E-state index contributed by atoms with van der Waals surface area (Å²) in [5.74, 6) is 1.56. The van der Waals surface area contributed by atoms with Crippen LogP contribution in [0.2, 0.25) is 0 Å². The maximum Gasteiger partial charge on any atom is 0.254 e. The summed E-state index contributed by atoms with van der Waals surface area (Å²) in [6.45, 7) is 10.7. The van der Waals surface area contributed by atoms with Crippen molar-refractivity contribution in [1.82, 2.24) is 15.1 Å². The van der Waals surface area contributed by atoms with Gasteiger partial charge in [0.1, 0.15) is 0 Å². The van der Waals surface area contributed by atoms with Crippen LogP contribution in [0.4, 0.5) is 0 Å². The fraction of sp³-hybridized carbons (Fsp3) is 0.552. The molecule has 2 saturated heterocycles. The molecule has 4 nitrogen and oxygen atoms in total. The van der Waals surface area contributed by atoms with Gasteiger partial charge >= 0.3 is 0 Å². The third-order valence-electron chi connectivity index (χ3n) is 7.80. The van der Waals surface area contributed by atoms with Gasteiger partial charge in [0.25, 0.3) is 5.91 Å². The first-order valence-corrected chi connectivity index (χ1v) is 13.0. The summed E-state index contributed by atoms with van der Waals surface area (Å²) in [7, 11) is 0. The highest BCUT2D eigenvalue weighted by atomic mass is 16.2. The molecule has 4 heteroatoms. The van der Waals surface area contributed by atoms with Gasteiger partial charge in [-0.3, -0.25) is 9.69 Å². The van der Waals surface area contributed by atoms with Crippen molar-refractivity contribution in [2.75, 3.05) is 26.2 Å². The highest BCUT2D eigenvalue weighted by Crippen LogP contribution is 2.33. The molecule has 1 unspecified atom stereocenters. The largest absolute Gasteiger partial charge is 0.330 e. The lowest BCUT2D eigenvalue weighted by molar-refractivity contribution is 0.0674. The van der Waals surface area contributed by atoms with Crippen LogP contribution in [0.5, 0.6) is 0 Å². The number of rotatable bonds is 6. The van der Waals surface area contributed by atoms with Gasteiger partial charge in [0.2, 0.25) is 0 Å². The molecule has 1 amide bonds. The van der Waals surface area contributed by atoms with Crippen LogP contribution in [0.25, 0.3) is 0 Å². The zero-order valence-electron chi connectivity index (χ0n) is 20.4. The third-order valence-corrected chi connectivity index (χ3v) is 7.80. The Kier molecular flexibility index (Phi) is 6.84. The van der Waals surface area contributed by atoms with Crippen molar-refractivity contribution < 1.29 is 4.79 Å². The molecule has 3 heterocycles. The first kappa shape index (κ1) is 22.6. The number of likely N-dealkylation sites (tertiary alicyclic amines) is 1. The van der Waals surface area contributed by atoms with E-state index in [1.54, 1.807) is 0 Å². The Labute approximate surface area is 199 Å². The highest BCUT2D eigenvalue weighted by Gasteiger charge is 2.34. The van der Waals surface area contributed by atoms with Gasteiger partial charge < -0.3 is 10.2 Å². The number of benzene rings is 2. The van der Waals surface area contributed by atoms with E-state index >= 15 is 0 Å². The van der Waals surface area contributed by atoms with Crippen molar-refractivity contribution in [3.05, 3.63) is 70.3 Å². The van der Waals surface area contributed by atoms with Crippen LogP contribution >= 0.6 is 0 Å². The molecular formula is C29H39N3O. The van der Waals surface area contributed by atoms with E-state index in [1.807, 2.05) is 0 Å². The monoisotopic (exact) mass is 445 g/mol. The van der Waals surface area contributed by atoms with Crippen molar-refractivity contribution in [3.8, 4) is 0 Å². The summed E-state index contributed by atoms with van der Waals surface area (Å²) in [5, 5.41) is 3.45. The zero-order valence-corrected chi connectivity index (χ0v) is 20.4. The Morgan fingerprint density at radius 2 is 1.76 bits per heavy atom. The van der Waals surface area contributed by atoms with E-state index in [-0.39, 0.29) is 5.91 Å². The van der Waals surface area contributed by atoms with Crippen LogP contribution < -0.4 is 5.32 Å². The minimum absolute atomic E-state index is 0.236. The average Bonchev–Trinajstić information content (AvgIpc) is 3.17. The number of hydrogen-bond donors (Lipinski definition) is 1. The van der Waals surface area contributed by atoms with Gasteiger partial charge in [-0.05, 0) is 91.9 Å². The number of piperidine rings is 2. The van der Waals surface area contributed by atoms with Crippen molar-refractivity contribution in [3.63, 3.8) is 0 Å². The Morgan fingerprint density at radius 1 is 1.00 bits per heavy atom. The standard InChI is InChI=1S/C29H39N3O/c1-21(2)16-22-5-7-23(8-6-22)19-31-14-11-24(12-15-31)25-9-10-28-26(17-25)20-32(29(28)33)27-4-3-13-30-18-27/h5-10,17,21,24,27,30H,3-4,11-16,18-20H2,1-2H3.